The Labute approximate surface area is 148 Å². The van der Waals surface area contributed by atoms with E-state index in [0.717, 1.165) is 50.5 Å². The number of rotatable bonds is 5. The lowest BCUT2D eigenvalue weighted by Gasteiger charge is -2.36. The Hall–Kier alpha value is -2.44. The molecule has 1 saturated heterocycles. The molecule has 7 heteroatoms. The summed E-state index contributed by atoms with van der Waals surface area (Å²) in [5, 5.41) is 13.0. The van der Waals surface area contributed by atoms with Crippen LogP contribution in [0.2, 0.25) is 0 Å². The van der Waals surface area contributed by atoms with Crippen molar-refractivity contribution in [1.82, 2.24) is 24.9 Å². The minimum atomic E-state index is 0.156. The van der Waals surface area contributed by atoms with Gasteiger partial charge in [0, 0.05) is 38.3 Å². The highest BCUT2D eigenvalue weighted by Gasteiger charge is 2.26. The molecule has 0 saturated carbocycles. The Morgan fingerprint density at radius 1 is 1.04 bits per heavy atom. The molecule has 2 aromatic heterocycles. The van der Waals surface area contributed by atoms with Gasteiger partial charge in [-0.2, -0.15) is 5.10 Å². The van der Waals surface area contributed by atoms with Crippen molar-refractivity contribution in [3.05, 3.63) is 30.1 Å². The van der Waals surface area contributed by atoms with Gasteiger partial charge in [-0.25, -0.2) is 4.68 Å². The molecule has 2 aromatic rings. The zero-order valence-electron chi connectivity index (χ0n) is 15.2. The molecule has 0 spiro atoms. The van der Waals surface area contributed by atoms with Crippen LogP contribution in [0.15, 0.2) is 24.4 Å². The summed E-state index contributed by atoms with van der Waals surface area (Å²) in [4.78, 5) is 16.6. The van der Waals surface area contributed by atoms with E-state index in [4.69, 9.17) is 0 Å². The monoisotopic (exact) mass is 342 g/mol. The number of anilines is 1. The van der Waals surface area contributed by atoms with Crippen molar-refractivity contribution in [2.45, 2.75) is 33.6 Å². The van der Waals surface area contributed by atoms with E-state index in [-0.39, 0.29) is 5.92 Å². The zero-order valence-corrected chi connectivity index (χ0v) is 15.2. The Morgan fingerprint density at radius 2 is 1.68 bits per heavy atom. The quantitative estimate of drug-likeness (QED) is 0.832. The fourth-order valence-corrected chi connectivity index (χ4v) is 3.20. The summed E-state index contributed by atoms with van der Waals surface area (Å²) in [6.07, 6.45) is 3.70. The predicted octanol–water partition coefficient (Wildman–Crippen LogP) is 2.06. The van der Waals surface area contributed by atoms with Crippen molar-refractivity contribution in [1.29, 1.82) is 0 Å². The molecule has 0 aromatic carbocycles. The molecule has 134 valence electrons. The highest BCUT2D eigenvalue weighted by Crippen LogP contribution is 2.17. The summed E-state index contributed by atoms with van der Waals surface area (Å²) in [6.45, 7) is 9.19. The van der Waals surface area contributed by atoms with E-state index >= 15 is 0 Å². The first kappa shape index (κ1) is 17.4. The number of amides is 1. The van der Waals surface area contributed by atoms with Crippen LogP contribution in [-0.2, 0) is 4.79 Å². The van der Waals surface area contributed by atoms with Gasteiger partial charge in [-0.05, 0) is 38.0 Å². The van der Waals surface area contributed by atoms with Crippen molar-refractivity contribution in [3.63, 3.8) is 0 Å². The predicted molar refractivity (Wildman–Crippen MR) is 96.8 cm³/mol. The van der Waals surface area contributed by atoms with E-state index in [2.05, 4.69) is 34.0 Å². The van der Waals surface area contributed by atoms with Crippen LogP contribution >= 0.6 is 0 Å². The summed E-state index contributed by atoms with van der Waals surface area (Å²) >= 11 is 0. The van der Waals surface area contributed by atoms with Crippen molar-refractivity contribution in [2.24, 2.45) is 5.92 Å². The maximum absolute atomic E-state index is 12.5. The van der Waals surface area contributed by atoms with Crippen LogP contribution in [0.4, 0.5) is 5.82 Å². The first-order valence-corrected chi connectivity index (χ1v) is 9.02. The third-order valence-corrected chi connectivity index (χ3v) is 4.84. The van der Waals surface area contributed by atoms with E-state index in [1.165, 1.54) is 0 Å². The van der Waals surface area contributed by atoms with E-state index in [0.29, 0.717) is 11.7 Å². The molecule has 1 amide bonds. The van der Waals surface area contributed by atoms with Crippen LogP contribution in [0.25, 0.3) is 5.82 Å². The largest absolute Gasteiger partial charge is 0.352 e. The third-order valence-electron chi connectivity index (χ3n) is 4.84. The van der Waals surface area contributed by atoms with Gasteiger partial charge in [-0.15, -0.1) is 10.2 Å². The van der Waals surface area contributed by atoms with Gasteiger partial charge >= 0.3 is 0 Å². The van der Waals surface area contributed by atoms with Crippen LogP contribution in [0.3, 0.4) is 0 Å². The SMILES string of the molecule is CCC(CC)C(=O)N1CCN(c2ccc(-n3ccc(C)n3)nn2)CC1. The molecule has 0 unspecified atom stereocenters. The molecule has 0 radical (unpaired) electrons. The Morgan fingerprint density at radius 3 is 2.20 bits per heavy atom. The Kier molecular flexibility index (Phi) is 5.31. The molecular formula is C18H26N6O. The van der Waals surface area contributed by atoms with Crippen LogP contribution in [0, 0.1) is 12.8 Å². The third kappa shape index (κ3) is 3.81. The number of hydrogen-bond acceptors (Lipinski definition) is 5. The van der Waals surface area contributed by atoms with Gasteiger partial charge in [0.05, 0.1) is 5.69 Å². The van der Waals surface area contributed by atoms with Crippen molar-refractivity contribution < 1.29 is 4.79 Å². The molecule has 7 nitrogen and oxygen atoms in total. The molecule has 0 bridgehead atoms. The second-order valence-corrected chi connectivity index (χ2v) is 6.48. The number of piperazine rings is 1. The van der Waals surface area contributed by atoms with Crippen molar-refractivity contribution >= 4 is 11.7 Å². The van der Waals surface area contributed by atoms with Crippen molar-refractivity contribution in [3.8, 4) is 5.82 Å². The maximum Gasteiger partial charge on any atom is 0.225 e. The van der Waals surface area contributed by atoms with Crippen molar-refractivity contribution in [2.75, 3.05) is 31.1 Å². The smallest absolute Gasteiger partial charge is 0.225 e. The number of aromatic nitrogens is 4. The van der Waals surface area contributed by atoms with Crippen LogP contribution < -0.4 is 4.90 Å². The first-order valence-electron chi connectivity index (χ1n) is 9.02. The number of aryl methyl sites for hydroxylation is 1. The minimum absolute atomic E-state index is 0.156. The summed E-state index contributed by atoms with van der Waals surface area (Å²) < 4.78 is 1.72. The van der Waals surface area contributed by atoms with E-state index in [1.807, 2.05) is 36.2 Å². The number of carbonyl (C=O) groups excluding carboxylic acids is 1. The standard InChI is InChI=1S/C18H26N6O/c1-4-15(5-2)18(25)23-12-10-22(11-13-23)16-6-7-17(20-19-16)24-9-8-14(3)21-24/h6-9,15H,4-5,10-13H2,1-3H3. The molecule has 0 N–H and O–H groups in total. The molecule has 1 fully saturated rings. The molecule has 3 heterocycles. The normalized spacial score (nSPS) is 15.0. The number of hydrogen-bond donors (Lipinski definition) is 0. The summed E-state index contributed by atoms with van der Waals surface area (Å²) in [5.74, 6) is 2.00. The molecular weight excluding hydrogens is 316 g/mol. The van der Waals surface area contributed by atoms with Crippen LogP contribution in [-0.4, -0.2) is 57.0 Å². The molecule has 0 aliphatic carbocycles. The summed E-state index contributed by atoms with van der Waals surface area (Å²) in [7, 11) is 0. The zero-order chi connectivity index (χ0) is 17.8. The first-order chi connectivity index (χ1) is 12.1. The molecule has 25 heavy (non-hydrogen) atoms. The van der Waals surface area contributed by atoms with Gasteiger partial charge in [0.2, 0.25) is 5.91 Å². The minimum Gasteiger partial charge on any atom is -0.352 e. The Bertz CT molecular complexity index is 699. The van der Waals surface area contributed by atoms with E-state index in [1.54, 1.807) is 4.68 Å². The summed E-state index contributed by atoms with van der Waals surface area (Å²) in [6, 6.07) is 5.83. The number of nitrogens with zero attached hydrogens (tertiary/aromatic N) is 6. The second-order valence-electron chi connectivity index (χ2n) is 6.48. The topological polar surface area (TPSA) is 67.2 Å². The highest BCUT2D eigenvalue weighted by atomic mass is 16.2. The Balaban J connectivity index is 1.60. The van der Waals surface area contributed by atoms with Gasteiger partial charge < -0.3 is 9.80 Å². The van der Waals surface area contributed by atoms with Gasteiger partial charge in [0.1, 0.15) is 0 Å². The summed E-state index contributed by atoms with van der Waals surface area (Å²) in [5.41, 5.74) is 0.948. The molecule has 1 aliphatic rings. The van der Waals surface area contributed by atoms with Gasteiger partial charge in [-0.1, -0.05) is 13.8 Å². The lowest BCUT2D eigenvalue weighted by Crippen LogP contribution is -2.50. The van der Waals surface area contributed by atoms with Gasteiger partial charge in [0.15, 0.2) is 11.6 Å². The van der Waals surface area contributed by atoms with Gasteiger partial charge in [0.25, 0.3) is 0 Å². The fourth-order valence-electron chi connectivity index (χ4n) is 3.20. The average molecular weight is 342 g/mol. The maximum atomic E-state index is 12.5. The van der Waals surface area contributed by atoms with Crippen LogP contribution in [0.5, 0.6) is 0 Å². The lowest BCUT2D eigenvalue weighted by molar-refractivity contribution is -0.136. The van der Waals surface area contributed by atoms with E-state index < -0.39 is 0 Å². The molecule has 3 rings (SSSR count). The number of carbonyl (C=O) groups is 1. The fraction of sp³-hybridized carbons (Fsp3) is 0.556. The van der Waals surface area contributed by atoms with E-state index in [9.17, 15) is 4.79 Å². The lowest BCUT2D eigenvalue weighted by atomic mass is 10.0. The van der Waals surface area contributed by atoms with Gasteiger partial charge in [-0.3, -0.25) is 4.79 Å². The molecule has 1 aliphatic heterocycles. The average Bonchev–Trinajstić information content (AvgIpc) is 3.09. The molecule has 0 atom stereocenters. The second kappa shape index (κ2) is 7.63. The van der Waals surface area contributed by atoms with Crippen LogP contribution in [0.1, 0.15) is 32.4 Å². The highest BCUT2D eigenvalue weighted by molar-refractivity contribution is 5.79.